The SMILES string of the molecule is CCc1nc(C(F)(F)F)ncc1Oc1ccc(CN)cn1. The number of aryl methyl sites for hydroxylation is 1. The van der Waals surface area contributed by atoms with Gasteiger partial charge in [-0.3, -0.25) is 0 Å². The molecule has 0 amide bonds. The van der Waals surface area contributed by atoms with Crippen molar-refractivity contribution >= 4 is 0 Å². The summed E-state index contributed by atoms with van der Waals surface area (Å²) in [5.41, 5.74) is 6.44. The van der Waals surface area contributed by atoms with Gasteiger partial charge in [-0.15, -0.1) is 0 Å². The largest absolute Gasteiger partial charge is 0.451 e. The summed E-state index contributed by atoms with van der Waals surface area (Å²) in [7, 11) is 0. The number of aromatic nitrogens is 3. The summed E-state index contributed by atoms with van der Waals surface area (Å²) in [6.45, 7) is 2.02. The maximum Gasteiger partial charge on any atom is 0.451 e. The normalized spacial score (nSPS) is 11.5. The van der Waals surface area contributed by atoms with E-state index in [2.05, 4.69) is 15.0 Å². The van der Waals surface area contributed by atoms with E-state index in [-0.39, 0.29) is 23.7 Å². The predicted octanol–water partition coefficient (Wildman–Crippen LogP) is 2.70. The van der Waals surface area contributed by atoms with Crippen LogP contribution in [-0.4, -0.2) is 15.0 Å². The quantitative estimate of drug-likeness (QED) is 0.939. The Bertz CT molecular complexity index is 614. The van der Waals surface area contributed by atoms with Gasteiger partial charge in [0.15, 0.2) is 5.75 Å². The highest BCUT2D eigenvalue weighted by atomic mass is 19.4. The third-order valence-electron chi connectivity index (χ3n) is 2.67. The van der Waals surface area contributed by atoms with Crippen molar-refractivity contribution in [2.75, 3.05) is 0 Å². The number of pyridine rings is 1. The van der Waals surface area contributed by atoms with E-state index in [9.17, 15) is 13.2 Å². The molecule has 2 rings (SSSR count). The Kier molecular flexibility index (Phi) is 4.37. The Morgan fingerprint density at radius 3 is 2.48 bits per heavy atom. The van der Waals surface area contributed by atoms with Gasteiger partial charge in [0.05, 0.1) is 11.9 Å². The van der Waals surface area contributed by atoms with E-state index in [0.717, 1.165) is 11.8 Å². The average Bonchev–Trinajstić information content (AvgIpc) is 2.47. The van der Waals surface area contributed by atoms with Crippen molar-refractivity contribution in [3.8, 4) is 11.6 Å². The standard InChI is InChI=1S/C13H13F3N4O/c1-2-9-10(7-19-12(20-9)13(14,15)16)21-11-4-3-8(5-17)6-18-11/h3-4,6-7H,2,5,17H2,1H3. The summed E-state index contributed by atoms with van der Waals surface area (Å²) in [6, 6.07) is 3.30. The van der Waals surface area contributed by atoms with E-state index < -0.39 is 12.0 Å². The van der Waals surface area contributed by atoms with Crippen LogP contribution in [0.15, 0.2) is 24.5 Å². The van der Waals surface area contributed by atoms with Crippen molar-refractivity contribution in [2.45, 2.75) is 26.1 Å². The fourth-order valence-corrected chi connectivity index (χ4v) is 1.59. The molecule has 5 nitrogen and oxygen atoms in total. The lowest BCUT2D eigenvalue weighted by Gasteiger charge is -2.11. The molecule has 8 heteroatoms. The summed E-state index contributed by atoms with van der Waals surface area (Å²) < 4.78 is 43.1. The first-order valence-corrected chi connectivity index (χ1v) is 6.20. The van der Waals surface area contributed by atoms with E-state index in [4.69, 9.17) is 10.5 Å². The summed E-state index contributed by atoms with van der Waals surface area (Å²) in [4.78, 5) is 10.8. The first-order chi connectivity index (χ1) is 9.94. The minimum Gasteiger partial charge on any atom is -0.435 e. The maximum absolute atomic E-state index is 12.6. The number of hydrogen-bond acceptors (Lipinski definition) is 5. The lowest BCUT2D eigenvalue weighted by molar-refractivity contribution is -0.145. The fraction of sp³-hybridized carbons (Fsp3) is 0.308. The van der Waals surface area contributed by atoms with Gasteiger partial charge in [-0.1, -0.05) is 13.0 Å². The molecule has 0 bridgehead atoms. The summed E-state index contributed by atoms with van der Waals surface area (Å²) >= 11 is 0. The van der Waals surface area contributed by atoms with E-state index in [0.29, 0.717) is 6.54 Å². The molecule has 0 aliphatic rings. The van der Waals surface area contributed by atoms with Crippen LogP contribution >= 0.6 is 0 Å². The molecule has 2 heterocycles. The highest BCUT2D eigenvalue weighted by Crippen LogP contribution is 2.29. The first kappa shape index (κ1) is 15.2. The average molecular weight is 298 g/mol. The minimum atomic E-state index is -4.58. The van der Waals surface area contributed by atoms with Crippen molar-refractivity contribution < 1.29 is 17.9 Å². The predicted molar refractivity (Wildman–Crippen MR) is 68.6 cm³/mol. The van der Waals surface area contributed by atoms with E-state index in [1.165, 1.54) is 6.20 Å². The topological polar surface area (TPSA) is 73.9 Å². The summed E-state index contributed by atoms with van der Waals surface area (Å²) in [5, 5.41) is 0. The van der Waals surface area contributed by atoms with Crippen molar-refractivity contribution in [2.24, 2.45) is 5.73 Å². The molecule has 21 heavy (non-hydrogen) atoms. The zero-order chi connectivity index (χ0) is 15.5. The van der Waals surface area contributed by atoms with Crippen LogP contribution in [0.3, 0.4) is 0 Å². The van der Waals surface area contributed by atoms with Crippen molar-refractivity contribution in [1.82, 2.24) is 15.0 Å². The molecule has 0 aliphatic carbocycles. The van der Waals surface area contributed by atoms with Gasteiger partial charge in [0.1, 0.15) is 0 Å². The monoisotopic (exact) mass is 298 g/mol. The van der Waals surface area contributed by atoms with Crippen molar-refractivity contribution in [1.29, 1.82) is 0 Å². The zero-order valence-electron chi connectivity index (χ0n) is 11.2. The molecule has 0 unspecified atom stereocenters. The van der Waals surface area contributed by atoms with Crippen molar-refractivity contribution in [3.63, 3.8) is 0 Å². The van der Waals surface area contributed by atoms with Crippen LogP contribution in [0.1, 0.15) is 24.0 Å². The smallest absolute Gasteiger partial charge is 0.435 e. The Balaban J connectivity index is 2.26. The summed E-state index contributed by atoms with van der Waals surface area (Å²) in [5.74, 6) is -0.790. The number of halogens is 3. The third-order valence-corrected chi connectivity index (χ3v) is 2.67. The molecule has 0 aliphatic heterocycles. The molecule has 0 saturated heterocycles. The van der Waals surface area contributed by atoms with Crippen LogP contribution in [0.2, 0.25) is 0 Å². The number of alkyl halides is 3. The van der Waals surface area contributed by atoms with Crippen LogP contribution < -0.4 is 10.5 Å². The minimum absolute atomic E-state index is 0.151. The molecule has 112 valence electrons. The highest BCUT2D eigenvalue weighted by molar-refractivity contribution is 5.30. The van der Waals surface area contributed by atoms with Crippen LogP contribution in [0.5, 0.6) is 11.6 Å². The molecule has 2 aromatic heterocycles. The van der Waals surface area contributed by atoms with E-state index in [1.54, 1.807) is 19.1 Å². The van der Waals surface area contributed by atoms with Gasteiger partial charge >= 0.3 is 6.18 Å². The lowest BCUT2D eigenvalue weighted by atomic mass is 10.3. The van der Waals surface area contributed by atoms with Gasteiger partial charge in [0, 0.05) is 18.8 Å². The van der Waals surface area contributed by atoms with Crippen molar-refractivity contribution in [3.05, 3.63) is 41.6 Å². The van der Waals surface area contributed by atoms with Crippen LogP contribution in [0, 0.1) is 0 Å². The molecule has 0 saturated carbocycles. The first-order valence-electron chi connectivity index (χ1n) is 6.20. The van der Waals surface area contributed by atoms with E-state index in [1.807, 2.05) is 0 Å². The lowest BCUT2D eigenvalue weighted by Crippen LogP contribution is -2.12. The second-order valence-electron chi connectivity index (χ2n) is 4.17. The van der Waals surface area contributed by atoms with Gasteiger partial charge in [-0.2, -0.15) is 13.2 Å². The number of rotatable bonds is 4. The second kappa shape index (κ2) is 6.04. The number of ether oxygens (including phenoxy) is 1. The second-order valence-corrected chi connectivity index (χ2v) is 4.17. The Labute approximate surface area is 119 Å². The Morgan fingerprint density at radius 2 is 1.95 bits per heavy atom. The van der Waals surface area contributed by atoms with Gasteiger partial charge in [0.25, 0.3) is 0 Å². The number of nitrogens with zero attached hydrogens (tertiary/aromatic N) is 3. The zero-order valence-corrected chi connectivity index (χ0v) is 11.2. The molecule has 0 radical (unpaired) electrons. The van der Waals surface area contributed by atoms with Gasteiger partial charge in [-0.05, 0) is 12.0 Å². The molecule has 0 fully saturated rings. The molecule has 0 aromatic carbocycles. The molecular weight excluding hydrogens is 285 g/mol. The van der Waals surface area contributed by atoms with Crippen LogP contribution in [0.25, 0.3) is 0 Å². The van der Waals surface area contributed by atoms with Gasteiger partial charge in [-0.25, -0.2) is 15.0 Å². The van der Waals surface area contributed by atoms with E-state index >= 15 is 0 Å². The third kappa shape index (κ3) is 3.66. The van der Waals surface area contributed by atoms with Crippen LogP contribution in [0.4, 0.5) is 13.2 Å². The molecule has 2 aromatic rings. The number of hydrogen-bond donors (Lipinski definition) is 1. The molecule has 2 N–H and O–H groups in total. The highest BCUT2D eigenvalue weighted by Gasteiger charge is 2.35. The molecule has 0 atom stereocenters. The fourth-order valence-electron chi connectivity index (χ4n) is 1.59. The Hall–Kier alpha value is -2.22. The van der Waals surface area contributed by atoms with Gasteiger partial charge < -0.3 is 10.5 Å². The molecular formula is C13H13F3N4O. The summed E-state index contributed by atoms with van der Waals surface area (Å²) in [6.07, 6.45) is -1.76. The molecule has 0 spiro atoms. The van der Waals surface area contributed by atoms with Gasteiger partial charge in [0.2, 0.25) is 11.7 Å². The Morgan fingerprint density at radius 1 is 1.19 bits per heavy atom. The van der Waals surface area contributed by atoms with Crippen LogP contribution in [-0.2, 0) is 19.1 Å². The maximum atomic E-state index is 12.6. The number of nitrogens with two attached hydrogens (primary N) is 1.